The van der Waals surface area contributed by atoms with E-state index in [9.17, 15) is 5.11 Å². The third-order valence-corrected chi connectivity index (χ3v) is 3.75. The molecule has 1 aromatic rings. The zero-order chi connectivity index (χ0) is 12.3. The summed E-state index contributed by atoms with van der Waals surface area (Å²) in [4.78, 5) is 2.23. The molecule has 1 aliphatic heterocycles. The van der Waals surface area contributed by atoms with Crippen molar-refractivity contribution in [3.63, 3.8) is 0 Å². The van der Waals surface area contributed by atoms with Gasteiger partial charge in [0.15, 0.2) is 0 Å². The van der Waals surface area contributed by atoms with Crippen molar-refractivity contribution in [1.82, 2.24) is 15.1 Å². The molecule has 1 aliphatic rings. The monoisotopic (exact) mass is 256 g/mol. The Labute approximate surface area is 106 Å². The van der Waals surface area contributed by atoms with Crippen LogP contribution in [0.4, 0.5) is 5.13 Å². The van der Waals surface area contributed by atoms with Crippen molar-refractivity contribution in [1.29, 1.82) is 0 Å². The van der Waals surface area contributed by atoms with Crippen molar-refractivity contribution in [2.45, 2.75) is 38.8 Å². The molecule has 1 unspecified atom stereocenters. The van der Waals surface area contributed by atoms with Crippen LogP contribution in [0.2, 0.25) is 0 Å². The molecule has 0 saturated carbocycles. The lowest BCUT2D eigenvalue weighted by molar-refractivity contribution is 0.0678. The summed E-state index contributed by atoms with van der Waals surface area (Å²) in [5.74, 6) is 0. The van der Waals surface area contributed by atoms with Gasteiger partial charge in [0.2, 0.25) is 5.13 Å². The van der Waals surface area contributed by atoms with E-state index in [1.807, 2.05) is 6.92 Å². The molecule has 0 amide bonds. The summed E-state index contributed by atoms with van der Waals surface area (Å²) in [5, 5.41) is 23.3. The minimum atomic E-state index is -0.534. The second-order valence-electron chi connectivity index (χ2n) is 4.89. The highest BCUT2D eigenvalue weighted by Gasteiger charge is 2.31. The third-order valence-electron chi connectivity index (χ3n) is 2.88. The number of aliphatic hydroxyl groups is 1. The highest BCUT2D eigenvalue weighted by atomic mass is 32.1. The van der Waals surface area contributed by atoms with Gasteiger partial charge in [-0.15, -0.1) is 10.2 Å². The average molecular weight is 256 g/mol. The van der Waals surface area contributed by atoms with Gasteiger partial charge < -0.3 is 10.4 Å². The van der Waals surface area contributed by atoms with E-state index in [0.717, 1.165) is 49.2 Å². The molecular formula is C11H20N4OS. The van der Waals surface area contributed by atoms with Gasteiger partial charge in [-0.2, -0.15) is 0 Å². The number of aromatic nitrogens is 2. The van der Waals surface area contributed by atoms with E-state index in [-0.39, 0.29) is 0 Å². The third kappa shape index (κ3) is 3.62. The average Bonchev–Trinajstić information content (AvgIpc) is 2.83. The highest BCUT2D eigenvalue weighted by molar-refractivity contribution is 7.15. The Morgan fingerprint density at radius 3 is 3.00 bits per heavy atom. The summed E-state index contributed by atoms with van der Waals surface area (Å²) < 4.78 is 0. The highest BCUT2D eigenvalue weighted by Crippen LogP contribution is 2.24. The zero-order valence-corrected chi connectivity index (χ0v) is 11.3. The molecular weight excluding hydrogens is 236 g/mol. The molecule has 0 bridgehead atoms. The Balaban J connectivity index is 1.85. The van der Waals surface area contributed by atoms with E-state index in [2.05, 4.69) is 27.3 Å². The van der Waals surface area contributed by atoms with Crippen LogP contribution in [0.15, 0.2) is 0 Å². The van der Waals surface area contributed by atoms with Gasteiger partial charge in [0.25, 0.3) is 0 Å². The smallest absolute Gasteiger partial charge is 0.205 e. The molecule has 2 N–H and O–H groups in total. The zero-order valence-electron chi connectivity index (χ0n) is 10.4. The van der Waals surface area contributed by atoms with Crippen LogP contribution in [0, 0.1) is 0 Å². The summed E-state index contributed by atoms with van der Waals surface area (Å²) >= 11 is 1.60. The van der Waals surface area contributed by atoms with Gasteiger partial charge in [-0.1, -0.05) is 18.3 Å². The number of hydrogen-bond acceptors (Lipinski definition) is 6. The normalized spacial score (nSPS) is 25.4. The summed E-state index contributed by atoms with van der Waals surface area (Å²) in [6.45, 7) is 7.41. The Bertz CT molecular complexity index is 366. The molecule has 17 heavy (non-hydrogen) atoms. The molecule has 96 valence electrons. The number of hydrogen-bond donors (Lipinski definition) is 2. The van der Waals surface area contributed by atoms with E-state index in [1.54, 1.807) is 11.3 Å². The molecule has 0 radical (unpaired) electrons. The molecule has 0 aliphatic carbocycles. The Morgan fingerprint density at radius 2 is 2.35 bits per heavy atom. The van der Waals surface area contributed by atoms with Crippen LogP contribution in [0.1, 0.15) is 31.7 Å². The van der Waals surface area contributed by atoms with Crippen molar-refractivity contribution >= 4 is 16.5 Å². The van der Waals surface area contributed by atoms with E-state index in [4.69, 9.17) is 0 Å². The van der Waals surface area contributed by atoms with Crippen LogP contribution >= 0.6 is 11.3 Å². The van der Waals surface area contributed by atoms with Gasteiger partial charge in [0, 0.05) is 19.6 Å². The number of anilines is 1. The largest absolute Gasteiger partial charge is 0.389 e. The van der Waals surface area contributed by atoms with Crippen molar-refractivity contribution < 1.29 is 5.11 Å². The number of nitrogens with zero attached hydrogens (tertiary/aromatic N) is 3. The quantitative estimate of drug-likeness (QED) is 0.832. The molecule has 6 heteroatoms. The van der Waals surface area contributed by atoms with Gasteiger partial charge in [-0.05, 0) is 19.8 Å². The summed E-state index contributed by atoms with van der Waals surface area (Å²) in [6, 6.07) is 0. The van der Waals surface area contributed by atoms with E-state index < -0.39 is 5.60 Å². The SMILES string of the molecule is CCCNc1nnc(CN2CCC(C)(O)C2)s1. The predicted molar refractivity (Wildman–Crippen MR) is 69.2 cm³/mol. The second-order valence-corrected chi connectivity index (χ2v) is 5.95. The van der Waals surface area contributed by atoms with Crippen LogP contribution in [0.25, 0.3) is 0 Å². The van der Waals surface area contributed by atoms with Crippen LogP contribution in [0.3, 0.4) is 0 Å². The number of β-amino-alcohol motifs (C(OH)–C–C–N with tert-alkyl or cyclic N) is 1. The number of rotatable bonds is 5. The molecule has 5 nitrogen and oxygen atoms in total. The van der Waals surface area contributed by atoms with Crippen LogP contribution < -0.4 is 5.32 Å². The number of likely N-dealkylation sites (tertiary alicyclic amines) is 1. The molecule has 1 fully saturated rings. The van der Waals surface area contributed by atoms with E-state index >= 15 is 0 Å². The first-order valence-corrected chi connectivity index (χ1v) is 6.92. The number of nitrogens with one attached hydrogen (secondary N) is 1. The first-order chi connectivity index (χ1) is 8.09. The standard InChI is InChI=1S/C11H20N4OS/c1-3-5-12-10-14-13-9(17-10)7-15-6-4-11(2,16)8-15/h16H,3-8H2,1-2H3,(H,12,14). The summed E-state index contributed by atoms with van der Waals surface area (Å²) in [6.07, 6.45) is 1.93. The predicted octanol–water partition coefficient (Wildman–Crippen LogP) is 1.32. The summed E-state index contributed by atoms with van der Waals surface area (Å²) in [7, 11) is 0. The van der Waals surface area contributed by atoms with Gasteiger partial charge in [-0.25, -0.2) is 0 Å². The first kappa shape index (κ1) is 12.7. The van der Waals surface area contributed by atoms with E-state index in [1.165, 1.54) is 0 Å². The molecule has 2 rings (SSSR count). The van der Waals surface area contributed by atoms with Crippen molar-refractivity contribution in [2.24, 2.45) is 0 Å². The maximum Gasteiger partial charge on any atom is 0.205 e. The lowest BCUT2D eigenvalue weighted by atomic mass is 10.1. The fourth-order valence-corrected chi connectivity index (χ4v) is 2.79. The molecule has 1 saturated heterocycles. The molecule has 0 aromatic carbocycles. The van der Waals surface area contributed by atoms with Gasteiger partial charge in [0.05, 0.1) is 12.1 Å². The minimum Gasteiger partial charge on any atom is -0.389 e. The Hall–Kier alpha value is -0.720. The lowest BCUT2D eigenvalue weighted by Crippen LogP contribution is -2.29. The Morgan fingerprint density at radius 1 is 1.53 bits per heavy atom. The van der Waals surface area contributed by atoms with Gasteiger partial charge >= 0.3 is 0 Å². The maximum absolute atomic E-state index is 9.88. The molecule has 2 heterocycles. The second kappa shape index (κ2) is 5.29. The summed E-state index contributed by atoms with van der Waals surface area (Å²) in [5.41, 5.74) is -0.534. The lowest BCUT2D eigenvalue weighted by Gasteiger charge is -2.17. The minimum absolute atomic E-state index is 0.534. The first-order valence-electron chi connectivity index (χ1n) is 6.10. The van der Waals surface area contributed by atoms with Gasteiger partial charge in [0.1, 0.15) is 5.01 Å². The van der Waals surface area contributed by atoms with Crippen LogP contribution in [-0.2, 0) is 6.54 Å². The molecule has 0 spiro atoms. The van der Waals surface area contributed by atoms with Crippen molar-refractivity contribution in [3.05, 3.63) is 5.01 Å². The fourth-order valence-electron chi connectivity index (χ4n) is 1.99. The molecule has 1 aromatic heterocycles. The molecule has 1 atom stereocenters. The van der Waals surface area contributed by atoms with Crippen LogP contribution in [-0.4, -0.2) is 45.4 Å². The van der Waals surface area contributed by atoms with E-state index in [0.29, 0.717) is 0 Å². The van der Waals surface area contributed by atoms with Crippen molar-refractivity contribution in [3.8, 4) is 0 Å². The van der Waals surface area contributed by atoms with Crippen LogP contribution in [0.5, 0.6) is 0 Å². The fraction of sp³-hybridized carbons (Fsp3) is 0.818. The van der Waals surface area contributed by atoms with Crippen molar-refractivity contribution in [2.75, 3.05) is 25.0 Å². The maximum atomic E-state index is 9.88. The van der Waals surface area contributed by atoms with Gasteiger partial charge in [-0.3, -0.25) is 4.90 Å². The Kier molecular flexibility index (Phi) is 3.96. The topological polar surface area (TPSA) is 61.3 Å².